The fourth-order valence-corrected chi connectivity index (χ4v) is 10.3. The predicted molar refractivity (Wildman–Crippen MR) is 303 cm³/mol. The van der Waals surface area contributed by atoms with Gasteiger partial charge in [-0.25, -0.2) is 22.5 Å². The third-order valence-electron chi connectivity index (χ3n) is 14.2. The first-order valence-corrected chi connectivity index (χ1v) is 25.5. The van der Waals surface area contributed by atoms with Gasteiger partial charge in [0.2, 0.25) is 0 Å². The van der Waals surface area contributed by atoms with E-state index in [4.69, 9.17) is 9.72 Å². The van der Waals surface area contributed by atoms with Gasteiger partial charge in [-0.3, -0.25) is 0 Å². The molecule has 1 aliphatic rings. The van der Waals surface area contributed by atoms with Gasteiger partial charge in [-0.05, 0) is 122 Å². The number of fused-ring (bicyclic) bond motifs is 4. The van der Waals surface area contributed by atoms with Crippen LogP contribution >= 0.6 is 0 Å². The number of pyridine rings is 1. The Balaban J connectivity index is 0.00000645. The maximum Gasteiger partial charge on any atom is 0.135 e. The van der Waals surface area contributed by atoms with E-state index in [1.54, 1.807) is 0 Å². The first-order chi connectivity index (χ1) is 37.0. The molecule has 390 valence electrons. The molecule has 10 heteroatoms. The van der Waals surface area contributed by atoms with Gasteiger partial charge in [-0.1, -0.05) is 132 Å². The Kier molecular flexibility index (Phi) is 13.5. The van der Waals surface area contributed by atoms with Crippen LogP contribution in [0, 0.1) is 42.1 Å². The predicted octanol–water partition coefficient (Wildman–Crippen LogP) is 18.8. The van der Waals surface area contributed by atoms with Crippen molar-refractivity contribution in [3.63, 3.8) is 0 Å². The van der Waals surface area contributed by atoms with Crippen LogP contribution in [0.15, 0.2) is 194 Å². The Morgan fingerprint density at radius 2 is 1.01 bits per heavy atom. The van der Waals surface area contributed by atoms with Crippen LogP contribution in [0.5, 0.6) is 11.5 Å². The molecular formula is C68H51F4N4OPt-3. The minimum Gasteiger partial charge on any atom is -0.509 e. The van der Waals surface area contributed by atoms with Crippen LogP contribution < -0.4 is 14.5 Å². The van der Waals surface area contributed by atoms with Gasteiger partial charge >= 0.3 is 0 Å². The summed E-state index contributed by atoms with van der Waals surface area (Å²) < 4.78 is 70.5. The molecule has 0 N–H and O–H groups in total. The summed E-state index contributed by atoms with van der Waals surface area (Å²) in [4.78, 5) is 8.77. The van der Waals surface area contributed by atoms with E-state index >= 15 is 17.6 Å². The molecule has 1 aliphatic heterocycles. The topological polar surface area (TPSA) is 33.5 Å². The van der Waals surface area contributed by atoms with E-state index in [0.29, 0.717) is 39.7 Å². The van der Waals surface area contributed by atoms with Gasteiger partial charge in [0.05, 0.1) is 0 Å². The Morgan fingerprint density at radius 1 is 0.462 bits per heavy atom. The molecule has 0 radical (unpaired) electrons. The van der Waals surface area contributed by atoms with Gasteiger partial charge in [0.1, 0.15) is 29.1 Å². The quantitative estimate of drug-likeness (QED) is 0.107. The maximum atomic E-state index is 15.4. The first kappa shape index (κ1) is 51.8. The van der Waals surface area contributed by atoms with Gasteiger partial charge in [0.15, 0.2) is 0 Å². The Bertz CT molecular complexity index is 3970. The van der Waals surface area contributed by atoms with Crippen molar-refractivity contribution >= 4 is 44.6 Å². The van der Waals surface area contributed by atoms with Crippen LogP contribution in [0.1, 0.15) is 52.7 Å². The molecule has 0 fully saturated rings. The molecule has 0 bridgehead atoms. The minimum atomic E-state index is -0.766. The van der Waals surface area contributed by atoms with E-state index in [1.165, 1.54) is 24.3 Å². The molecular weight excluding hydrogens is 1160 g/mol. The van der Waals surface area contributed by atoms with Crippen molar-refractivity contribution in [3.8, 4) is 61.8 Å². The number of nitrogens with zero attached hydrogens (tertiary/aromatic N) is 4. The summed E-state index contributed by atoms with van der Waals surface area (Å²) in [5.74, 6) is -1.44. The summed E-state index contributed by atoms with van der Waals surface area (Å²) in [5.41, 5.74) is 10.9. The number of halogens is 4. The molecule has 0 spiro atoms. The van der Waals surface area contributed by atoms with Crippen molar-refractivity contribution in [1.29, 1.82) is 0 Å². The second-order valence-electron chi connectivity index (χ2n) is 21.6. The van der Waals surface area contributed by atoms with Crippen molar-refractivity contribution < 1.29 is 43.4 Å². The second kappa shape index (κ2) is 20.3. The van der Waals surface area contributed by atoms with Gasteiger partial charge in [0, 0.05) is 84.6 Å². The number of anilines is 4. The van der Waals surface area contributed by atoms with Crippen molar-refractivity contribution in [3.05, 3.63) is 247 Å². The SMILES string of the molecule is CC(C)(C)c1ccnc(-n2c3[c-]c(Oc4[c-]c(N5[CH-]N(c6c(-c7cc(F)cc(F)c7)cc(C(C)(C)C)cc6-c6cc(F)cc(F)c6)c6ccccc65)cc(-c5ccc(-c6ccccc6)cc5)c4)ccc3c3ccccc32)c1.[Pt]. The second-order valence-corrected chi connectivity index (χ2v) is 21.6. The van der Waals surface area contributed by atoms with Crippen LogP contribution in [0.3, 0.4) is 0 Å². The van der Waals surface area contributed by atoms with Crippen molar-refractivity contribution in [2.75, 3.05) is 9.80 Å². The van der Waals surface area contributed by atoms with Crippen molar-refractivity contribution in [2.24, 2.45) is 0 Å². The number of hydrogen-bond donors (Lipinski definition) is 0. The van der Waals surface area contributed by atoms with Crippen molar-refractivity contribution in [2.45, 2.75) is 52.4 Å². The van der Waals surface area contributed by atoms with E-state index in [2.05, 4.69) is 104 Å². The Morgan fingerprint density at radius 3 is 1.63 bits per heavy atom. The molecule has 0 aliphatic carbocycles. The van der Waals surface area contributed by atoms with E-state index in [9.17, 15) is 0 Å². The normalized spacial score (nSPS) is 12.5. The molecule has 0 saturated heterocycles. The summed E-state index contributed by atoms with van der Waals surface area (Å²) in [6.07, 6.45) is 1.85. The van der Waals surface area contributed by atoms with Crippen LogP contribution in [-0.4, -0.2) is 9.55 Å². The molecule has 12 rings (SSSR count). The zero-order valence-electron chi connectivity index (χ0n) is 43.6. The number of rotatable bonds is 9. The molecule has 5 nitrogen and oxygen atoms in total. The third kappa shape index (κ3) is 9.88. The third-order valence-corrected chi connectivity index (χ3v) is 14.2. The fraction of sp³-hybridized carbons (Fsp3) is 0.118. The van der Waals surface area contributed by atoms with E-state index in [-0.39, 0.29) is 37.6 Å². The molecule has 3 heterocycles. The molecule has 0 saturated carbocycles. The molecule has 2 aromatic heterocycles. The van der Waals surface area contributed by atoms with E-state index < -0.39 is 28.7 Å². The number of aromatic nitrogens is 2. The van der Waals surface area contributed by atoms with Gasteiger partial charge in [-0.15, -0.1) is 53.6 Å². The smallest absolute Gasteiger partial charge is 0.135 e. The summed E-state index contributed by atoms with van der Waals surface area (Å²) in [7, 11) is 0. The molecule has 9 aromatic carbocycles. The van der Waals surface area contributed by atoms with Crippen LogP contribution in [-0.2, 0) is 31.9 Å². The van der Waals surface area contributed by atoms with Crippen LogP contribution in [0.2, 0.25) is 0 Å². The number of hydrogen-bond acceptors (Lipinski definition) is 4. The zero-order valence-corrected chi connectivity index (χ0v) is 45.8. The molecule has 11 aromatic rings. The Labute approximate surface area is 466 Å². The maximum absolute atomic E-state index is 15.4. The average Bonchev–Trinajstić information content (AvgIpc) is 4.09. The molecule has 0 atom stereocenters. The van der Waals surface area contributed by atoms with E-state index in [1.807, 2.05) is 128 Å². The standard InChI is InChI=1S/C68H51F4N4O.Pt/c1-67(2,3)48-26-27-73-65(36-48)76-61-17-11-10-16-57(61)58-25-24-55(40-64(58)76)77-56-33-45(44-22-20-43(21-23-44)42-14-8-7-9-15-42)32-54(39-56)74-41-75(63-19-13-12-18-62(63)74)66-59(46-28-50(69)37-51(70)29-46)34-49(68(4,5)6)35-60(66)47-30-52(71)38-53(72)31-47;/h7-38,41H,1-6H3;/q-3;. The monoisotopic (exact) mass is 1210 g/mol. The zero-order chi connectivity index (χ0) is 53.3. The first-order valence-electron chi connectivity index (χ1n) is 25.5. The molecule has 0 unspecified atom stereocenters. The van der Waals surface area contributed by atoms with Crippen LogP contribution in [0.4, 0.5) is 40.3 Å². The van der Waals surface area contributed by atoms with E-state index in [0.717, 1.165) is 78.8 Å². The minimum absolute atomic E-state index is 0. The molecule has 78 heavy (non-hydrogen) atoms. The number of para-hydroxylation sites is 3. The van der Waals surface area contributed by atoms with Gasteiger partial charge in [0.25, 0.3) is 0 Å². The average molecular weight is 1210 g/mol. The van der Waals surface area contributed by atoms with Gasteiger partial charge < -0.3 is 19.1 Å². The summed E-state index contributed by atoms with van der Waals surface area (Å²) >= 11 is 0. The van der Waals surface area contributed by atoms with Crippen LogP contribution in [0.25, 0.3) is 72.1 Å². The van der Waals surface area contributed by atoms with Crippen molar-refractivity contribution in [1.82, 2.24) is 9.55 Å². The molecule has 0 amide bonds. The number of benzene rings is 9. The summed E-state index contributed by atoms with van der Waals surface area (Å²) in [6, 6.07) is 64.5. The van der Waals surface area contributed by atoms with Gasteiger partial charge in [-0.2, -0.15) is 6.07 Å². The number of ether oxygens (including phenoxy) is 1. The summed E-state index contributed by atoms with van der Waals surface area (Å²) in [6.45, 7) is 14.5. The fourth-order valence-electron chi connectivity index (χ4n) is 10.3. The largest absolute Gasteiger partial charge is 0.509 e. The Hall–Kier alpha value is -8.26. The summed E-state index contributed by atoms with van der Waals surface area (Å²) in [5, 5.41) is 2.05.